The van der Waals surface area contributed by atoms with Gasteiger partial charge in [-0.25, -0.2) is 4.99 Å². The molecule has 8 nitrogen and oxygen atoms in total. The number of allylic oxidation sites excluding steroid dienone is 1. The van der Waals surface area contributed by atoms with Crippen LogP contribution in [-0.4, -0.2) is 41.5 Å². The van der Waals surface area contributed by atoms with Crippen molar-refractivity contribution in [3.63, 3.8) is 0 Å². The number of carbonyl (C=O) groups excluding carboxylic acids is 2. The van der Waals surface area contributed by atoms with Crippen molar-refractivity contribution in [2.75, 3.05) is 25.1 Å². The van der Waals surface area contributed by atoms with Crippen LogP contribution in [0.25, 0.3) is 16.3 Å². The van der Waals surface area contributed by atoms with Crippen LogP contribution >= 0.6 is 27.3 Å². The summed E-state index contributed by atoms with van der Waals surface area (Å²) in [6, 6.07) is 26.3. The highest BCUT2D eigenvalue weighted by molar-refractivity contribution is 9.10. The fourth-order valence-electron chi connectivity index (χ4n) is 6.78. The summed E-state index contributed by atoms with van der Waals surface area (Å²) >= 11 is 4.76. The van der Waals surface area contributed by atoms with E-state index >= 15 is 0 Å². The zero-order valence-electron chi connectivity index (χ0n) is 27.0. The lowest BCUT2D eigenvalue weighted by Gasteiger charge is -2.30. The van der Waals surface area contributed by atoms with Crippen LogP contribution in [0.5, 0.6) is 5.75 Å². The Morgan fingerprint density at radius 2 is 1.71 bits per heavy atom. The van der Waals surface area contributed by atoms with E-state index in [2.05, 4.69) is 15.9 Å². The van der Waals surface area contributed by atoms with Crippen LogP contribution < -0.4 is 24.5 Å². The molecule has 7 rings (SSSR count). The van der Waals surface area contributed by atoms with E-state index in [-0.39, 0.29) is 21.9 Å². The number of nitrogens with zero attached hydrogens (tertiary/aromatic N) is 4. The number of benzene rings is 4. The van der Waals surface area contributed by atoms with Crippen LogP contribution in [0.1, 0.15) is 43.5 Å². The number of methoxy groups -OCH3 is 1. The SMILES string of the molecule is CCN(CC)C(=O)C1=C(C)N=c2s/c(=C3/C(=O)N(Cc4ccccc4)c4ccc(Br)cc43)c(=O)n2[C@@H]1c1c(OC)ccc2ccccc12. The molecule has 0 radical (unpaired) electrons. The number of amides is 2. The second-order valence-electron chi connectivity index (χ2n) is 11.7. The zero-order valence-corrected chi connectivity index (χ0v) is 29.4. The summed E-state index contributed by atoms with van der Waals surface area (Å²) in [5.41, 5.74) is 3.95. The van der Waals surface area contributed by atoms with E-state index in [1.165, 1.54) is 11.3 Å². The number of ether oxygens (including phenoxy) is 1. The lowest BCUT2D eigenvalue weighted by molar-refractivity contribution is -0.127. The van der Waals surface area contributed by atoms with Crippen molar-refractivity contribution < 1.29 is 14.3 Å². The minimum atomic E-state index is -0.844. The number of hydrogen-bond acceptors (Lipinski definition) is 6. The van der Waals surface area contributed by atoms with E-state index < -0.39 is 6.04 Å². The van der Waals surface area contributed by atoms with E-state index in [1.54, 1.807) is 21.5 Å². The van der Waals surface area contributed by atoms with Gasteiger partial charge in [-0.3, -0.25) is 19.0 Å². The molecule has 4 aromatic carbocycles. The molecule has 0 fully saturated rings. The third-order valence-corrected chi connectivity index (χ3v) is 10.6. The summed E-state index contributed by atoms with van der Waals surface area (Å²) in [6.45, 7) is 7.04. The van der Waals surface area contributed by atoms with Crippen molar-refractivity contribution in [1.29, 1.82) is 0 Å². The van der Waals surface area contributed by atoms with Crippen molar-refractivity contribution in [3.05, 3.63) is 137 Å². The summed E-state index contributed by atoms with van der Waals surface area (Å²) < 4.78 is 8.59. The van der Waals surface area contributed by atoms with E-state index in [0.29, 0.717) is 58.2 Å². The number of thiazole rings is 1. The van der Waals surface area contributed by atoms with Gasteiger partial charge in [-0.05, 0) is 61.4 Å². The van der Waals surface area contributed by atoms with Gasteiger partial charge >= 0.3 is 0 Å². The molecule has 242 valence electrons. The van der Waals surface area contributed by atoms with Gasteiger partial charge in [0.1, 0.15) is 16.3 Å². The molecule has 2 aliphatic rings. The number of fused-ring (bicyclic) bond motifs is 3. The van der Waals surface area contributed by atoms with Gasteiger partial charge in [0.15, 0.2) is 4.80 Å². The van der Waals surface area contributed by atoms with Crippen LogP contribution in [0.2, 0.25) is 0 Å². The number of halogens is 1. The minimum absolute atomic E-state index is 0.195. The molecule has 0 saturated heterocycles. The summed E-state index contributed by atoms with van der Waals surface area (Å²) in [4.78, 5) is 52.4. The Morgan fingerprint density at radius 3 is 2.44 bits per heavy atom. The van der Waals surface area contributed by atoms with Gasteiger partial charge in [0, 0.05) is 28.7 Å². The molecule has 0 bridgehead atoms. The van der Waals surface area contributed by atoms with Crippen LogP contribution in [-0.2, 0) is 16.1 Å². The highest BCUT2D eigenvalue weighted by Crippen LogP contribution is 2.41. The molecular formula is C38H33BrN4O4S. The summed E-state index contributed by atoms with van der Waals surface area (Å²) in [5.74, 6) is 0.0999. The van der Waals surface area contributed by atoms with Crippen molar-refractivity contribution in [2.24, 2.45) is 4.99 Å². The van der Waals surface area contributed by atoms with Gasteiger partial charge in [-0.1, -0.05) is 87.9 Å². The molecule has 2 aliphatic heterocycles. The highest BCUT2D eigenvalue weighted by Gasteiger charge is 2.39. The fourth-order valence-corrected chi connectivity index (χ4v) is 8.28. The highest BCUT2D eigenvalue weighted by atomic mass is 79.9. The average molecular weight is 722 g/mol. The van der Waals surface area contributed by atoms with Gasteiger partial charge in [0.05, 0.1) is 36.2 Å². The van der Waals surface area contributed by atoms with Gasteiger partial charge < -0.3 is 14.5 Å². The first-order chi connectivity index (χ1) is 23.3. The van der Waals surface area contributed by atoms with Crippen LogP contribution in [0.15, 0.2) is 110 Å². The minimum Gasteiger partial charge on any atom is -0.496 e. The van der Waals surface area contributed by atoms with E-state index in [0.717, 1.165) is 26.5 Å². The molecule has 2 amide bonds. The topological polar surface area (TPSA) is 84.2 Å². The second-order valence-corrected chi connectivity index (χ2v) is 13.6. The van der Waals surface area contributed by atoms with Gasteiger partial charge in [-0.2, -0.15) is 0 Å². The first kappa shape index (κ1) is 31.8. The molecule has 1 atom stereocenters. The third-order valence-electron chi connectivity index (χ3n) is 9.09. The first-order valence-corrected chi connectivity index (χ1v) is 17.4. The third kappa shape index (κ3) is 5.11. The van der Waals surface area contributed by atoms with Crippen molar-refractivity contribution in [2.45, 2.75) is 33.4 Å². The molecule has 5 aromatic rings. The second kappa shape index (κ2) is 12.7. The number of aromatic nitrogens is 1. The van der Waals surface area contributed by atoms with Crippen LogP contribution in [0.3, 0.4) is 0 Å². The normalized spacial score (nSPS) is 16.6. The Labute approximate surface area is 290 Å². The smallest absolute Gasteiger partial charge is 0.271 e. The molecule has 0 N–H and O–H groups in total. The monoisotopic (exact) mass is 720 g/mol. The first-order valence-electron chi connectivity index (χ1n) is 15.8. The van der Waals surface area contributed by atoms with Crippen LogP contribution in [0, 0.1) is 0 Å². The molecule has 3 heterocycles. The number of anilines is 1. The van der Waals surface area contributed by atoms with Gasteiger partial charge in [0.25, 0.3) is 17.4 Å². The standard InChI is InChI=1S/C38H33BrN4O4S/c1-5-41(6-2)35(44)30-22(3)40-38-43(33(30)31-26-15-11-10-14-24(26)16-19-29(31)47-4)37(46)34(48-38)32-27-20-25(39)17-18-28(27)42(36(32)45)21-23-12-8-7-9-13-23/h7-20,33H,5-6,21H2,1-4H3/b34-32+/t33-/m0/s1. The largest absolute Gasteiger partial charge is 0.496 e. The number of hydrogen-bond donors (Lipinski definition) is 0. The van der Waals surface area contributed by atoms with Crippen molar-refractivity contribution >= 4 is 61.1 Å². The number of likely N-dealkylation sites (N-methyl/N-ethyl adjacent to an activating group) is 1. The van der Waals surface area contributed by atoms with Crippen molar-refractivity contribution in [3.8, 4) is 5.75 Å². The Morgan fingerprint density at radius 1 is 0.979 bits per heavy atom. The van der Waals surface area contributed by atoms with E-state index in [1.807, 2.05) is 106 Å². The summed E-state index contributed by atoms with van der Waals surface area (Å²) in [7, 11) is 1.59. The Balaban J connectivity index is 1.53. The Kier molecular flexibility index (Phi) is 8.39. The maximum atomic E-state index is 14.9. The average Bonchev–Trinajstić information content (AvgIpc) is 3.55. The number of rotatable bonds is 7. The fraction of sp³-hybridized carbons (Fsp3) is 0.211. The predicted molar refractivity (Wildman–Crippen MR) is 193 cm³/mol. The summed E-state index contributed by atoms with van der Waals surface area (Å²) in [5, 5.41) is 1.81. The summed E-state index contributed by atoms with van der Waals surface area (Å²) in [6.07, 6.45) is 0. The lowest BCUT2D eigenvalue weighted by Crippen LogP contribution is -2.43. The molecule has 1 aromatic heterocycles. The van der Waals surface area contributed by atoms with Crippen molar-refractivity contribution in [1.82, 2.24) is 9.47 Å². The van der Waals surface area contributed by atoms with E-state index in [9.17, 15) is 14.4 Å². The molecule has 0 spiro atoms. The molecule has 48 heavy (non-hydrogen) atoms. The maximum Gasteiger partial charge on any atom is 0.271 e. The Hall–Kier alpha value is -4.80. The van der Waals surface area contributed by atoms with E-state index in [4.69, 9.17) is 9.73 Å². The molecule has 10 heteroatoms. The zero-order chi connectivity index (χ0) is 33.7. The maximum absolute atomic E-state index is 14.9. The lowest BCUT2D eigenvalue weighted by atomic mass is 9.90. The van der Waals surface area contributed by atoms with Gasteiger partial charge in [0.2, 0.25) is 0 Å². The molecule has 0 aliphatic carbocycles. The number of carbonyl (C=O) groups is 2. The molecule has 0 unspecified atom stereocenters. The molecule has 0 saturated carbocycles. The molecular weight excluding hydrogens is 688 g/mol. The quantitative estimate of drug-likeness (QED) is 0.208. The Bertz CT molecular complexity index is 2340. The predicted octanol–water partition coefficient (Wildman–Crippen LogP) is 5.94. The van der Waals surface area contributed by atoms with Gasteiger partial charge in [-0.15, -0.1) is 0 Å². The van der Waals surface area contributed by atoms with Crippen LogP contribution in [0.4, 0.5) is 5.69 Å².